The summed E-state index contributed by atoms with van der Waals surface area (Å²) in [6, 6.07) is 28.3. The quantitative estimate of drug-likeness (QED) is 0.251. The lowest BCUT2D eigenvalue weighted by Gasteiger charge is -2.25. The number of benzene rings is 3. The Balaban J connectivity index is 1.48. The Labute approximate surface area is 248 Å². The molecule has 0 aromatic heterocycles. The van der Waals surface area contributed by atoms with Gasteiger partial charge in [-0.15, -0.1) is 0 Å². The Hall–Kier alpha value is -4.23. The van der Waals surface area contributed by atoms with Gasteiger partial charge in [-0.05, 0) is 48.8 Å². The number of aliphatic hydroxyl groups excluding tert-OH is 1. The van der Waals surface area contributed by atoms with Gasteiger partial charge in [0.1, 0.15) is 6.61 Å². The number of cyclic esters (lactones) is 1. The van der Waals surface area contributed by atoms with Gasteiger partial charge in [-0.3, -0.25) is 14.4 Å². The van der Waals surface area contributed by atoms with Crippen molar-refractivity contribution in [2.24, 2.45) is 11.8 Å². The van der Waals surface area contributed by atoms with Gasteiger partial charge in [0.05, 0.1) is 30.5 Å². The Bertz CT molecular complexity index is 1300. The molecule has 0 aliphatic carbocycles. The van der Waals surface area contributed by atoms with Gasteiger partial charge in [0.25, 0.3) is 0 Å². The first-order chi connectivity index (χ1) is 20.5. The van der Waals surface area contributed by atoms with E-state index < -0.39 is 18.0 Å². The van der Waals surface area contributed by atoms with Crippen molar-refractivity contribution in [2.45, 2.75) is 50.6 Å². The summed E-state index contributed by atoms with van der Waals surface area (Å²) in [5, 5.41) is 15.8. The maximum Gasteiger partial charge on any atom is 0.309 e. The van der Waals surface area contributed by atoms with Gasteiger partial charge in [-0.1, -0.05) is 103 Å². The van der Waals surface area contributed by atoms with Crippen LogP contribution < -0.4 is 10.6 Å². The minimum absolute atomic E-state index is 0.0211. The summed E-state index contributed by atoms with van der Waals surface area (Å²) in [6.07, 6.45) is 6.12. The molecule has 0 bridgehead atoms. The Morgan fingerprint density at radius 3 is 1.95 bits per heavy atom. The number of rotatable bonds is 10. The number of allylic oxidation sites excluding steroid dienone is 2. The average Bonchev–Trinajstić information content (AvgIpc) is 3.01. The molecule has 0 unspecified atom stereocenters. The molecule has 4 atom stereocenters. The summed E-state index contributed by atoms with van der Waals surface area (Å²) in [6.45, 7) is -0.165. The SMILES string of the molecule is O=C(C[C@H]1CC=CC[C@@H](Cc2ccccc2)C(=O)OC[C@H](Cc2ccccc2)NC1=O)N[C@H](CO)Cc1ccccc1. The number of esters is 1. The van der Waals surface area contributed by atoms with Crippen LogP contribution in [0.2, 0.25) is 0 Å². The van der Waals surface area contributed by atoms with Crippen molar-refractivity contribution >= 4 is 17.8 Å². The molecule has 1 heterocycles. The van der Waals surface area contributed by atoms with Crippen LogP contribution in [0.25, 0.3) is 0 Å². The van der Waals surface area contributed by atoms with Gasteiger partial charge in [0.2, 0.25) is 11.8 Å². The molecule has 4 rings (SSSR count). The molecule has 2 amide bonds. The van der Waals surface area contributed by atoms with Gasteiger partial charge in [-0.2, -0.15) is 0 Å². The van der Waals surface area contributed by atoms with Gasteiger partial charge < -0.3 is 20.5 Å². The number of amides is 2. The lowest BCUT2D eigenvalue weighted by molar-refractivity contribution is -0.150. The highest BCUT2D eigenvalue weighted by atomic mass is 16.5. The fourth-order valence-electron chi connectivity index (χ4n) is 5.21. The minimum atomic E-state index is -0.613. The van der Waals surface area contributed by atoms with Crippen molar-refractivity contribution < 1.29 is 24.2 Å². The number of hydrogen-bond donors (Lipinski definition) is 3. The monoisotopic (exact) mass is 568 g/mol. The third-order valence-electron chi connectivity index (χ3n) is 7.48. The number of carbonyl (C=O) groups is 3. The highest BCUT2D eigenvalue weighted by molar-refractivity contribution is 5.86. The molecule has 42 heavy (non-hydrogen) atoms. The molecule has 3 aromatic rings. The number of carbonyl (C=O) groups excluding carboxylic acids is 3. The van der Waals surface area contributed by atoms with Gasteiger partial charge in [0, 0.05) is 6.42 Å². The molecule has 0 radical (unpaired) electrons. The first-order valence-corrected chi connectivity index (χ1v) is 14.6. The van der Waals surface area contributed by atoms with E-state index in [2.05, 4.69) is 10.6 Å². The van der Waals surface area contributed by atoms with Crippen LogP contribution in [-0.4, -0.2) is 48.2 Å². The number of aliphatic hydroxyl groups is 1. The third kappa shape index (κ3) is 10.00. The summed E-state index contributed by atoms with van der Waals surface area (Å²) in [7, 11) is 0. The van der Waals surface area contributed by atoms with Crippen LogP contribution in [0.4, 0.5) is 0 Å². The first kappa shape index (κ1) is 30.7. The minimum Gasteiger partial charge on any atom is -0.463 e. The van der Waals surface area contributed by atoms with Crippen molar-refractivity contribution in [3.05, 3.63) is 120 Å². The summed E-state index contributed by atoms with van der Waals surface area (Å²) >= 11 is 0. The fourth-order valence-corrected chi connectivity index (χ4v) is 5.21. The predicted molar refractivity (Wildman–Crippen MR) is 162 cm³/mol. The second-order valence-electron chi connectivity index (χ2n) is 10.9. The van der Waals surface area contributed by atoms with E-state index in [0.29, 0.717) is 32.1 Å². The molecule has 0 saturated heterocycles. The van der Waals surface area contributed by atoms with Crippen LogP contribution in [0.15, 0.2) is 103 Å². The third-order valence-corrected chi connectivity index (χ3v) is 7.48. The van der Waals surface area contributed by atoms with E-state index in [1.54, 1.807) is 0 Å². The molecule has 0 fully saturated rings. The van der Waals surface area contributed by atoms with Crippen LogP contribution in [0.3, 0.4) is 0 Å². The van der Waals surface area contributed by atoms with E-state index in [1.807, 2.05) is 103 Å². The molecule has 0 saturated carbocycles. The van der Waals surface area contributed by atoms with E-state index >= 15 is 0 Å². The summed E-state index contributed by atoms with van der Waals surface area (Å²) < 4.78 is 5.78. The standard InChI is InChI=1S/C35H40N2O5/c38-24-31(21-27-14-6-2-7-15-27)36-33(39)23-29-18-10-11-19-30(20-26-12-4-1-5-13-26)35(41)42-25-32(37-34(29)40)22-28-16-8-3-9-17-28/h1-17,29-32,38H,18-25H2,(H,36,39)(H,37,40)/t29-,30+,31+,32+/m1/s1. The molecule has 7 heteroatoms. The largest absolute Gasteiger partial charge is 0.463 e. The average molecular weight is 569 g/mol. The summed E-state index contributed by atoms with van der Waals surface area (Å²) in [5.74, 6) is -1.82. The van der Waals surface area contributed by atoms with Gasteiger partial charge in [-0.25, -0.2) is 0 Å². The highest BCUT2D eigenvalue weighted by Gasteiger charge is 2.27. The van der Waals surface area contributed by atoms with E-state index in [-0.39, 0.29) is 43.3 Å². The second-order valence-corrected chi connectivity index (χ2v) is 10.9. The van der Waals surface area contributed by atoms with E-state index in [1.165, 1.54) is 0 Å². The van der Waals surface area contributed by atoms with E-state index in [0.717, 1.165) is 16.7 Å². The van der Waals surface area contributed by atoms with Gasteiger partial charge >= 0.3 is 5.97 Å². The lowest BCUT2D eigenvalue weighted by Crippen LogP contribution is -2.46. The van der Waals surface area contributed by atoms with Crippen molar-refractivity contribution in [3.8, 4) is 0 Å². The van der Waals surface area contributed by atoms with Crippen molar-refractivity contribution in [3.63, 3.8) is 0 Å². The van der Waals surface area contributed by atoms with Crippen LogP contribution >= 0.6 is 0 Å². The zero-order chi connectivity index (χ0) is 29.6. The molecular formula is C35H40N2O5. The van der Waals surface area contributed by atoms with Crippen LogP contribution in [0, 0.1) is 11.8 Å². The molecule has 1 aliphatic rings. The van der Waals surface area contributed by atoms with Crippen molar-refractivity contribution in [2.75, 3.05) is 13.2 Å². The zero-order valence-corrected chi connectivity index (χ0v) is 23.9. The Morgan fingerprint density at radius 2 is 1.36 bits per heavy atom. The molecule has 0 spiro atoms. The molecule has 3 N–H and O–H groups in total. The summed E-state index contributed by atoms with van der Waals surface area (Å²) in [5.41, 5.74) is 3.07. The van der Waals surface area contributed by atoms with Crippen molar-refractivity contribution in [1.29, 1.82) is 0 Å². The summed E-state index contributed by atoms with van der Waals surface area (Å²) in [4.78, 5) is 39.7. The predicted octanol–water partition coefficient (Wildman–Crippen LogP) is 4.19. The molecule has 7 nitrogen and oxygen atoms in total. The molecule has 3 aromatic carbocycles. The molecule has 220 valence electrons. The van der Waals surface area contributed by atoms with Gasteiger partial charge in [0.15, 0.2) is 0 Å². The normalized spacial score (nSPS) is 20.4. The van der Waals surface area contributed by atoms with Crippen molar-refractivity contribution in [1.82, 2.24) is 10.6 Å². The number of hydrogen-bond acceptors (Lipinski definition) is 5. The van der Waals surface area contributed by atoms with Crippen LogP contribution in [0.5, 0.6) is 0 Å². The maximum absolute atomic E-state index is 13.5. The smallest absolute Gasteiger partial charge is 0.309 e. The zero-order valence-electron chi connectivity index (χ0n) is 23.9. The highest BCUT2D eigenvalue weighted by Crippen LogP contribution is 2.19. The second kappa shape index (κ2) is 16.3. The number of ether oxygens (including phenoxy) is 1. The Kier molecular flexibility index (Phi) is 11.9. The molecular weight excluding hydrogens is 528 g/mol. The van der Waals surface area contributed by atoms with E-state index in [4.69, 9.17) is 4.74 Å². The maximum atomic E-state index is 13.5. The van der Waals surface area contributed by atoms with Crippen LogP contribution in [0.1, 0.15) is 36.0 Å². The van der Waals surface area contributed by atoms with Crippen LogP contribution in [-0.2, 0) is 38.4 Å². The topological polar surface area (TPSA) is 105 Å². The Morgan fingerprint density at radius 1 is 0.810 bits per heavy atom. The molecule has 1 aliphatic heterocycles. The van der Waals surface area contributed by atoms with E-state index in [9.17, 15) is 19.5 Å². The fraction of sp³-hybridized carbons (Fsp3) is 0.343. The number of nitrogens with one attached hydrogen (secondary N) is 2. The first-order valence-electron chi connectivity index (χ1n) is 14.6. The lowest BCUT2D eigenvalue weighted by atomic mass is 9.94.